The molecule has 0 spiro atoms. The van der Waals surface area contributed by atoms with Crippen LogP contribution in [0.2, 0.25) is 5.15 Å². The molecule has 4 N–H and O–H groups in total. The molecule has 2 aromatic heterocycles. The Morgan fingerprint density at radius 2 is 1.95 bits per heavy atom. The number of anilines is 1. The number of hydrogen-bond donors (Lipinski definition) is 2. The summed E-state index contributed by atoms with van der Waals surface area (Å²) in [5.74, 6) is -0.656. The lowest BCUT2D eigenvalue weighted by Crippen LogP contribution is -2.40. The molecule has 19 heavy (non-hydrogen) atoms. The second-order valence-electron chi connectivity index (χ2n) is 3.70. The van der Waals surface area contributed by atoms with Gasteiger partial charge in [0.25, 0.3) is 5.78 Å². The van der Waals surface area contributed by atoms with Gasteiger partial charge in [-0.3, -0.25) is 9.59 Å². The molecule has 0 radical (unpaired) electrons. The van der Waals surface area contributed by atoms with E-state index >= 15 is 0 Å². The zero-order valence-corrected chi connectivity index (χ0v) is 10.4. The second kappa shape index (κ2) is 5.06. The van der Waals surface area contributed by atoms with Crippen LogP contribution in [0.5, 0.6) is 0 Å². The van der Waals surface area contributed by atoms with Crippen LogP contribution in [0.25, 0.3) is 5.78 Å². The predicted octanol–water partition coefficient (Wildman–Crippen LogP) is -1.45. The summed E-state index contributed by atoms with van der Waals surface area (Å²) in [7, 11) is 0. The molecule has 2 amide bonds. The monoisotopic (exact) mass is 283 g/mol. The van der Waals surface area contributed by atoms with E-state index in [2.05, 4.69) is 15.1 Å². The zero-order valence-electron chi connectivity index (χ0n) is 9.65. The maximum absolute atomic E-state index is 11.1. The predicted molar refractivity (Wildman–Crippen MR) is 66.4 cm³/mol. The van der Waals surface area contributed by atoms with Crippen LogP contribution in [-0.4, -0.2) is 44.5 Å². The van der Waals surface area contributed by atoms with Crippen LogP contribution in [0.3, 0.4) is 0 Å². The van der Waals surface area contributed by atoms with Crippen molar-refractivity contribution in [3.8, 4) is 0 Å². The van der Waals surface area contributed by atoms with Crippen LogP contribution < -0.4 is 16.4 Å². The highest BCUT2D eigenvalue weighted by molar-refractivity contribution is 6.29. The first-order valence-electron chi connectivity index (χ1n) is 5.15. The Morgan fingerprint density at radius 3 is 2.53 bits per heavy atom. The van der Waals surface area contributed by atoms with Gasteiger partial charge in [-0.25, -0.2) is 0 Å². The average molecular weight is 284 g/mol. The summed E-state index contributed by atoms with van der Waals surface area (Å²) >= 11 is 5.85. The van der Waals surface area contributed by atoms with Gasteiger partial charge in [0.2, 0.25) is 11.8 Å². The maximum Gasteiger partial charge on any atom is 0.255 e. The molecule has 0 fully saturated rings. The van der Waals surface area contributed by atoms with Crippen molar-refractivity contribution in [1.29, 1.82) is 0 Å². The lowest BCUT2D eigenvalue weighted by Gasteiger charge is -2.21. The van der Waals surface area contributed by atoms with Crippen LogP contribution in [0.1, 0.15) is 0 Å². The van der Waals surface area contributed by atoms with Gasteiger partial charge in [0.15, 0.2) is 0 Å². The Labute approximate surface area is 112 Å². The van der Waals surface area contributed by atoms with Crippen LogP contribution in [0.4, 0.5) is 5.82 Å². The first-order valence-corrected chi connectivity index (χ1v) is 5.53. The normalized spacial score (nSPS) is 10.6. The van der Waals surface area contributed by atoms with E-state index in [0.717, 1.165) is 0 Å². The number of nitrogens with two attached hydrogens (primary N) is 2. The summed E-state index contributed by atoms with van der Waals surface area (Å²) < 4.78 is 1.33. The van der Waals surface area contributed by atoms with Crippen molar-refractivity contribution in [1.82, 2.24) is 19.6 Å². The fraction of sp³-hybridized carbons (Fsp3) is 0.222. The lowest BCUT2D eigenvalue weighted by atomic mass is 10.4. The quantitative estimate of drug-likeness (QED) is 0.645. The van der Waals surface area contributed by atoms with Gasteiger partial charge in [0, 0.05) is 6.07 Å². The van der Waals surface area contributed by atoms with Crippen LogP contribution >= 0.6 is 11.6 Å². The van der Waals surface area contributed by atoms with E-state index in [1.807, 2.05) is 0 Å². The van der Waals surface area contributed by atoms with Gasteiger partial charge in [-0.15, -0.1) is 0 Å². The molecular formula is C9H10ClN7O2. The molecule has 0 aliphatic carbocycles. The number of halogens is 1. The third kappa shape index (κ3) is 2.88. The molecule has 0 unspecified atom stereocenters. The summed E-state index contributed by atoms with van der Waals surface area (Å²) in [5, 5.41) is 4.08. The number of nitrogens with zero attached hydrogens (tertiary/aromatic N) is 5. The highest BCUT2D eigenvalue weighted by Gasteiger charge is 2.17. The molecule has 0 aliphatic rings. The van der Waals surface area contributed by atoms with Gasteiger partial charge >= 0.3 is 0 Å². The molecule has 2 aromatic rings. The third-order valence-corrected chi connectivity index (χ3v) is 2.41. The largest absolute Gasteiger partial charge is 0.368 e. The van der Waals surface area contributed by atoms with Gasteiger partial charge < -0.3 is 16.4 Å². The maximum atomic E-state index is 11.1. The van der Waals surface area contributed by atoms with E-state index in [1.54, 1.807) is 0 Å². The standard InChI is InChI=1S/C9H10ClN7O2/c10-5-1-8(17-9(15-5)13-4-14-17)16(2-6(11)18)3-7(12)19/h1,4H,2-3H2,(H2,11,18)(H2,12,19). The van der Waals surface area contributed by atoms with Crippen molar-refractivity contribution < 1.29 is 9.59 Å². The fourth-order valence-corrected chi connectivity index (χ4v) is 1.76. The van der Waals surface area contributed by atoms with Crippen molar-refractivity contribution in [2.45, 2.75) is 0 Å². The van der Waals surface area contributed by atoms with Gasteiger partial charge in [0.1, 0.15) is 17.3 Å². The minimum atomic E-state index is -0.623. The molecule has 0 saturated heterocycles. The molecule has 0 aliphatic heterocycles. The second-order valence-corrected chi connectivity index (χ2v) is 4.08. The molecule has 0 aromatic carbocycles. The Bertz CT molecular complexity index is 625. The Morgan fingerprint density at radius 1 is 1.32 bits per heavy atom. The summed E-state index contributed by atoms with van der Waals surface area (Å²) in [6.07, 6.45) is 1.27. The van der Waals surface area contributed by atoms with Crippen molar-refractivity contribution in [3.05, 3.63) is 17.5 Å². The Balaban J connectivity index is 2.50. The molecule has 2 rings (SSSR count). The SMILES string of the molecule is NC(=O)CN(CC(N)=O)c1cc(Cl)nc2ncnn12. The number of carbonyl (C=O) groups excluding carboxylic acids is 2. The van der Waals surface area contributed by atoms with E-state index in [-0.39, 0.29) is 24.0 Å². The molecule has 10 heteroatoms. The van der Waals surface area contributed by atoms with Crippen molar-refractivity contribution >= 4 is 35.0 Å². The number of aromatic nitrogens is 4. The van der Waals surface area contributed by atoms with Gasteiger partial charge in [-0.05, 0) is 0 Å². The summed E-state index contributed by atoms with van der Waals surface area (Å²) in [4.78, 5) is 31.3. The van der Waals surface area contributed by atoms with Crippen molar-refractivity contribution in [3.63, 3.8) is 0 Å². The van der Waals surface area contributed by atoms with E-state index in [1.165, 1.54) is 21.8 Å². The fourth-order valence-electron chi connectivity index (χ4n) is 1.59. The first kappa shape index (κ1) is 13.0. The molecule has 9 nitrogen and oxygen atoms in total. The van der Waals surface area contributed by atoms with Crippen LogP contribution in [-0.2, 0) is 9.59 Å². The summed E-state index contributed by atoms with van der Waals surface area (Å²) in [6.45, 7) is -0.420. The van der Waals surface area contributed by atoms with Gasteiger partial charge in [0.05, 0.1) is 13.1 Å². The van der Waals surface area contributed by atoms with E-state index in [4.69, 9.17) is 23.1 Å². The van der Waals surface area contributed by atoms with E-state index in [9.17, 15) is 9.59 Å². The summed E-state index contributed by atoms with van der Waals surface area (Å²) in [6, 6.07) is 1.44. The molecular weight excluding hydrogens is 274 g/mol. The number of primary amides is 2. The minimum Gasteiger partial charge on any atom is -0.368 e. The van der Waals surface area contributed by atoms with E-state index in [0.29, 0.717) is 5.82 Å². The molecule has 100 valence electrons. The highest BCUT2D eigenvalue weighted by atomic mass is 35.5. The van der Waals surface area contributed by atoms with Crippen molar-refractivity contribution in [2.75, 3.05) is 18.0 Å². The first-order chi connectivity index (χ1) is 8.97. The Kier molecular flexibility index (Phi) is 3.47. The molecule has 2 heterocycles. The molecule has 0 saturated carbocycles. The molecule has 0 bridgehead atoms. The van der Waals surface area contributed by atoms with Crippen molar-refractivity contribution in [2.24, 2.45) is 11.5 Å². The minimum absolute atomic E-state index is 0.148. The number of fused-ring (bicyclic) bond motifs is 1. The number of rotatable bonds is 5. The van der Waals surface area contributed by atoms with Crippen LogP contribution in [0, 0.1) is 0 Å². The Hall–Kier alpha value is -2.42. The van der Waals surface area contributed by atoms with E-state index < -0.39 is 11.8 Å². The van der Waals surface area contributed by atoms with Gasteiger partial charge in [-0.2, -0.15) is 19.6 Å². The topological polar surface area (TPSA) is 133 Å². The van der Waals surface area contributed by atoms with Gasteiger partial charge in [-0.1, -0.05) is 11.6 Å². The third-order valence-electron chi connectivity index (χ3n) is 2.22. The van der Waals surface area contributed by atoms with Crippen LogP contribution in [0.15, 0.2) is 12.4 Å². The average Bonchev–Trinajstić information content (AvgIpc) is 2.73. The number of carbonyl (C=O) groups is 2. The summed E-state index contributed by atoms with van der Waals surface area (Å²) in [5.41, 5.74) is 10.3. The zero-order chi connectivity index (χ0) is 14.0. The number of hydrogen-bond acceptors (Lipinski definition) is 6. The smallest absolute Gasteiger partial charge is 0.255 e. The number of amides is 2. The lowest BCUT2D eigenvalue weighted by molar-refractivity contribution is -0.117. The molecule has 0 atom stereocenters. The highest BCUT2D eigenvalue weighted by Crippen LogP contribution is 2.18.